The largest absolute Gasteiger partial charge is 0.476 e. The Hall–Kier alpha value is -2.17. The maximum absolute atomic E-state index is 13.3. The van der Waals surface area contributed by atoms with Gasteiger partial charge in [-0.3, -0.25) is 0 Å². The van der Waals surface area contributed by atoms with Gasteiger partial charge in [-0.1, -0.05) is 30.3 Å². The highest BCUT2D eigenvalue weighted by molar-refractivity contribution is 5.85. The van der Waals surface area contributed by atoms with Gasteiger partial charge in [0, 0.05) is 0 Å². The van der Waals surface area contributed by atoms with E-state index in [1.165, 1.54) is 4.68 Å². The van der Waals surface area contributed by atoms with Gasteiger partial charge in [-0.2, -0.15) is 5.10 Å². The molecule has 2 rings (SSSR count). The summed E-state index contributed by atoms with van der Waals surface area (Å²) in [6, 6.07) is 8.90. The van der Waals surface area contributed by atoms with Gasteiger partial charge >= 0.3 is 5.97 Å². The monoisotopic (exact) mass is 234 g/mol. The number of aromatic carboxylic acids is 1. The Morgan fingerprint density at radius 3 is 2.65 bits per heavy atom. The first kappa shape index (κ1) is 11.3. The molecule has 0 saturated carbocycles. The lowest BCUT2D eigenvalue weighted by molar-refractivity contribution is 0.0676. The van der Waals surface area contributed by atoms with E-state index in [0.29, 0.717) is 0 Å². The van der Waals surface area contributed by atoms with Gasteiger partial charge in [-0.15, -0.1) is 0 Å². The average Bonchev–Trinajstić information content (AvgIpc) is 2.71. The molecule has 1 aromatic heterocycles. The number of nitrogens with zero attached hydrogens (tertiary/aromatic N) is 2. The van der Waals surface area contributed by atoms with Gasteiger partial charge < -0.3 is 5.11 Å². The summed E-state index contributed by atoms with van der Waals surface area (Å²) in [6.07, 6.45) is 0.920. The van der Waals surface area contributed by atoms with E-state index in [9.17, 15) is 9.18 Å². The fourth-order valence-corrected chi connectivity index (χ4v) is 1.71. The summed E-state index contributed by atoms with van der Waals surface area (Å²) < 4.78 is 14.4. The molecule has 0 unspecified atom stereocenters. The number of benzene rings is 1. The number of halogens is 1. The molecular formula is C12H11FN2O2. The summed E-state index contributed by atoms with van der Waals surface area (Å²) in [5.74, 6) is -2.14. The normalized spacial score (nSPS) is 12.4. The molecule has 17 heavy (non-hydrogen) atoms. The maximum atomic E-state index is 13.3. The molecule has 1 atom stereocenters. The molecule has 0 aliphatic rings. The molecule has 0 saturated heterocycles. The minimum absolute atomic E-state index is 0.327. The van der Waals surface area contributed by atoms with Crippen molar-refractivity contribution in [1.82, 2.24) is 9.78 Å². The van der Waals surface area contributed by atoms with Gasteiger partial charge in [-0.25, -0.2) is 13.9 Å². The molecule has 0 spiro atoms. The second kappa shape index (κ2) is 4.37. The SMILES string of the molecule is C[C@H](c1ccccc1)n1ncc(F)c1C(=O)O. The van der Waals surface area contributed by atoms with Crippen LogP contribution in [0.1, 0.15) is 29.0 Å². The van der Waals surface area contributed by atoms with Crippen LogP contribution in [0.25, 0.3) is 0 Å². The first-order chi connectivity index (χ1) is 8.11. The molecule has 4 nitrogen and oxygen atoms in total. The van der Waals surface area contributed by atoms with Crippen molar-refractivity contribution in [3.05, 3.63) is 53.6 Å². The Morgan fingerprint density at radius 2 is 2.06 bits per heavy atom. The lowest BCUT2D eigenvalue weighted by Crippen LogP contribution is -2.16. The Labute approximate surface area is 97.3 Å². The van der Waals surface area contributed by atoms with Crippen LogP contribution in [0.15, 0.2) is 36.5 Å². The first-order valence-electron chi connectivity index (χ1n) is 5.12. The third-order valence-electron chi connectivity index (χ3n) is 2.60. The molecule has 2 aromatic rings. The number of hydrogen-bond donors (Lipinski definition) is 1. The van der Waals surface area contributed by atoms with Crippen LogP contribution in [0.3, 0.4) is 0 Å². The molecule has 1 aromatic carbocycles. The third kappa shape index (κ3) is 2.04. The Morgan fingerprint density at radius 1 is 1.41 bits per heavy atom. The van der Waals surface area contributed by atoms with Crippen molar-refractivity contribution < 1.29 is 14.3 Å². The standard InChI is InChI=1S/C12H11FN2O2/c1-8(9-5-3-2-4-6-9)15-11(12(16)17)10(13)7-14-15/h2-8H,1H3,(H,16,17)/t8-/m1/s1. The van der Waals surface area contributed by atoms with E-state index >= 15 is 0 Å². The van der Waals surface area contributed by atoms with E-state index in [4.69, 9.17) is 5.11 Å². The number of carboxylic acids is 1. The topological polar surface area (TPSA) is 55.1 Å². The maximum Gasteiger partial charge on any atom is 0.357 e. The zero-order chi connectivity index (χ0) is 12.4. The molecule has 0 aliphatic carbocycles. The van der Waals surface area contributed by atoms with E-state index in [1.54, 1.807) is 6.92 Å². The molecular weight excluding hydrogens is 223 g/mol. The minimum atomic E-state index is -1.32. The highest BCUT2D eigenvalue weighted by Crippen LogP contribution is 2.20. The quantitative estimate of drug-likeness (QED) is 0.886. The highest BCUT2D eigenvalue weighted by atomic mass is 19.1. The first-order valence-corrected chi connectivity index (χ1v) is 5.12. The number of hydrogen-bond acceptors (Lipinski definition) is 2. The molecule has 0 fully saturated rings. The smallest absolute Gasteiger partial charge is 0.357 e. The van der Waals surface area contributed by atoms with Gasteiger partial charge in [0.2, 0.25) is 0 Å². The second-order valence-corrected chi connectivity index (χ2v) is 3.68. The second-order valence-electron chi connectivity index (χ2n) is 3.68. The zero-order valence-electron chi connectivity index (χ0n) is 9.17. The van der Waals surface area contributed by atoms with Gasteiger partial charge in [0.25, 0.3) is 0 Å². The van der Waals surface area contributed by atoms with E-state index < -0.39 is 17.5 Å². The molecule has 1 N–H and O–H groups in total. The van der Waals surface area contributed by atoms with E-state index in [1.807, 2.05) is 30.3 Å². The van der Waals surface area contributed by atoms with Crippen molar-refractivity contribution in [2.75, 3.05) is 0 Å². The summed E-state index contributed by atoms with van der Waals surface area (Å²) in [5.41, 5.74) is 0.458. The van der Waals surface area contributed by atoms with Crippen molar-refractivity contribution in [2.45, 2.75) is 13.0 Å². The molecule has 88 valence electrons. The van der Waals surface area contributed by atoms with Crippen LogP contribution in [0.4, 0.5) is 4.39 Å². The number of aromatic nitrogens is 2. The summed E-state index contributed by atoms with van der Waals surface area (Å²) in [7, 11) is 0. The van der Waals surface area contributed by atoms with Crippen LogP contribution in [-0.4, -0.2) is 20.9 Å². The van der Waals surface area contributed by atoms with Gasteiger partial charge in [0.15, 0.2) is 11.5 Å². The van der Waals surface area contributed by atoms with Crippen molar-refractivity contribution in [1.29, 1.82) is 0 Å². The Bertz CT molecular complexity index is 537. The van der Waals surface area contributed by atoms with Crippen LogP contribution in [0.5, 0.6) is 0 Å². The molecule has 5 heteroatoms. The molecule has 0 amide bonds. The van der Waals surface area contributed by atoms with Crippen LogP contribution < -0.4 is 0 Å². The number of carboxylic acid groups (broad SMARTS) is 1. The Balaban J connectivity index is 2.45. The summed E-state index contributed by atoms with van der Waals surface area (Å²) in [4.78, 5) is 10.9. The summed E-state index contributed by atoms with van der Waals surface area (Å²) >= 11 is 0. The molecule has 1 heterocycles. The van der Waals surface area contributed by atoms with Crippen molar-refractivity contribution in [3.8, 4) is 0 Å². The summed E-state index contributed by atoms with van der Waals surface area (Å²) in [6.45, 7) is 1.77. The van der Waals surface area contributed by atoms with Crippen LogP contribution in [0.2, 0.25) is 0 Å². The minimum Gasteiger partial charge on any atom is -0.476 e. The number of rotatable bonds is 3. The molecule has 0 bridgehead atoms. The zero-order valence-corrected chi connectivity index (χ0v) is 9.17. The van der Waals surface area contributed by atoms with Crippen molar-refractivity contribution >= 4 is 5.97 Å². The predicted molar refractivity (Wildman–Crippen MR) is 59.4 cm³/mol. The van der Waals surface area contributed by atoms with Gasteiger partial charge in [0.1, 0.15) is 0 Å². The Kier molecular flexibility index (Phi) is 2.91. The van der Waals surface area contributed by atoms with Gasteiger partial charge in [-0.05, 0) is 12.5 Å². The van der Waals surface area contributed by atoms with Crippen LogP contribution in [-0.2, 0) is 0 Å². The van der Waals surface area contributed by atoms with E-state index in [0.717, 1.165) is 11.8 Å². The van der Waals surface area contributed by atoms with Crippen LogP contribution >= 0.6 is 0 Å². The lowest BCUT2D eigenvalue weighted by atomic mass is 10.1. The van der Waals surface area contributed by atoms with E-state index in [2.05, 4.69) is 5.10 Å². The third-order valence-corrected chi connectivity index (χ3v) is 2.60. The molecule has 0 radical (unpaired) electrons. The predicted octanol–water partition coefficient (Wildman–Crippen LogP) is 2.33. The fourth-order valence-electron chi connectivity index (χ4n) is 1.71. The van der Waals surface area contributed by atoms with Crippen molar-refractivity contribution in [2.24, 2.45) is 0 Å². The van der Waals surface area contributed by atoms with Crippen molar-refractivity contribution in [3.63, 3.8) is 0 Å². The summed E-state index contributed by atoms with van der Waals surface area (Å²) in [5, 5.41) is 12.7. The molecule has 0 aliphatic heterocycles. The highest BCUT2D eigenvalue weighted by Gasteiger charge is 2.21. The average molecular weight is 234 g/mol. The fraction of sp³-hybridized carbons (Fsp3) is 0.167. The number of carbonyl (C=O) groups is 1. The van der Waals surface area contributed by atoms with Crippen LogP contribution in [0, 0.1) is 5.82 Å². The van der Waals surface area contributed by atoms with Gasteiger partial charge in [0.05, 0.1) is 12.2 Å². The lowest BCUT2D eigenvalue weighted by Gasteiger charge is -2.14. The van der Waals surface area contributed by atoms with E-state index in [-0.39, 0.29) is 6.04 Å².